The number of imide groups is 1. The van der Waals surface area contributed by atoms with E-state index in [2.05, 4.69) is 15.5 Å². The van der Waals surface area contributed by atoms with Crippen LogP contribution < -0.4 is 5.32 Å². The van der Waals surface area contributed by atoms with Crippen LogP contribution in [0.1, 0.15) is 69.5 Å². The van der Waals surface area contributed by atoms with Gasteiger partial charge in [-0.05, 0) is 25.7 Å². The number of carbonyl (C=O) groups is 3. The van der Waals surface area contributed by atoms with Crippen molar-refractivity contribution in [2.75, 3.05) is 6.54 Å². The first-order chi connectivity index (χ1) is 13.0. The summed E-state index contributed by atoms with van der Waals surface area (Å²) in [6.45, 7) is 1.88. The van der Waals surface area contributed by atoms with E-state index in [1.165, 1.54) is 4.90 Å². The number of nitrogens with one attached hydrogen (secondary N) is 1. The summed E-state index contributed by atoms with van der Waals surface area (Å²) in [5.41, 5.74) is -0.595. The molecule has 3 aliphatic rings. The fraction of sp³-hybridized carbons (Fsp3) is 0.737. The first-order valence-electron chi connectivity index (χ1n) is 9.97. The number of amides is 3. The molecule has 1 aromatic rings. The molecule has 0 bridgehead atoms. The molecule has 3 fully saturated rings. The number of aryl methyl sites for hydroxylation is 1. The highest BCUT2D eigenvalue weighted by Gasteiger charge is 2.48. The Morgan fingerprint density at radius 1 is 1.15 bits per heavy atom. The summed E-state index contributed by atoms with van der Waals surface area (Å²) in [7, 11) is 0. The van der Waals surface area contributed by atoms with Gasteiger partial charge in [-0.1, -0.05) is 30.8 Å². The van der Waals surface area contributed by atoms with Crippen LogP contribution in [0.15, 0.2) is 4.52 Å². The highest BCUT2D eigenvalue weighted by molar-refractivity contribution is 6.05. The molecule has 8 heteroatoms. The van der Waals surface area contributed by atoms with E-state index in [0.29, 0.717) is 11.7 Å². The smallest absolute Gasteiger partial charge is 0.233 e. The Morgan fingerprint density at radius 3 is 2.33 bits per heavy atom. The van der Waals surface area contributed by atoms with Crippen molar-refractivity contribution >= 4 is 17.7 Å². The number of rotatable bonds is 5. The molecule has 0 radical (unpaired) electrons. The number of aromatic nitrogens is 2. The Kier molecular flexibility index (Phi) is 4.74. The molecule has 0 aromatic carbocycles. The van der Waals surface area contributed by atoms with Crippen LogP contribution in [0.5, 0.6) is 0 Å². The highest BCUT2D eigenvalue weighted by atomic mass is 16.5. The van der Waals surface area contributed by atoms with Gasteiger partial charge in [0, 0.05) is 19.9 Å². The summed E-state index contributed by atoms with van der Waals surface area (Å²) in [5, 5.41) is 7.08. The summed E-state index contributed by atoms with van der Waals surface area (Å²) in [6.07, 6.45) is 7.20. The van der Waals surface area contributed by atoms with Crippen LogP contribution in [0, 0.1) is 18.8 Å². The van der Waals surface area contributed by atoms with Gasteiger partial charge in [0.15, 0.2) is 5.82 Å². The van der Waals surface area contributed by atoms with E-state index < -0.39 is 5.54 Å². The van der Waals surface area contributed by atoms with Gasteiger partial charge < -0.3 is 9.84 Å². The van der Waals surface area contributed by atoms with E-state index in [-0.39, 0.29) is 42.5 Å². The van der Waals surface area contributed by atoms with Gasteiger partial charge in [-0.2, -0.15) is 4.98 Å². The maximum absolute atomic E-state index is 12.6. The van der Waals surface area contributed by atoms with Gasteiger partial charge in [0.05, 0.1) is 11.8 Å². The lowest BCUT2D eigenvalue weighted by molar-refractivity contribution is -0.140. The first-order valence-corrected chi connectivity index (χ1v) is 9.97. The molecule has 27 heavy (non-hydrogen) atoms. The molecule has 1 aliphatic heterocycles. The minimum atomic E-state index is -0.595. The van der Waals surface area contributed by atoms with Crippen LogP contribution in [0.3, 0.4) is 0 Å². The standard InChI is InChI=1S/C19H26N4O4/c1-12-20-18(22-27-12)19(9-4-5-10-19)21-15(24)8-11-23-16(25)13-6-2-3-7-14(13)17(23)26/h13-14H,2-11H2,1H3,(H,21,24). The number of fused-ring (bicyclic) bond motifs is 1. The van der Waals surface area contributed by atoms with Gasteiger partial charge >= 0.3 is 0 Å². The Balaban J connectivity index is 1.39. The zero-order valence-corrected chi connectivity index (χ0v) is 15.7. The molecular weight excluding hydrogens is 348 g/mol. The average Bonchev–Trinajstić information content (AvgIpc) is 3.36. The predicted molar refractivity (Wildman–Crippen MR) is 94.1 cm³/mol. The molecule has 3 amide bonds. The molecule has 1 aromatic heterocycles. The zero-order chi connectivity index (χ0) is 19.0. The molecule has 2 heterocycles. The quantitative estimate of drug-likeness (QED) is 0.788. The van der Waals surface area contributed by atoms with Gasteiger partial charge in [0.2, 0.25) is 23.6 Å². The molecular formula is C19H26N4O4. The minimum absolute atomic E-state index is 0.0955. The third kappa shape index (κ3) is 3.26. The lowest BCUT2D eigenvalue weighted by Gasteiger charge is -2.27. The fourth-order valence-corrected chi connectivity index (χ4v) is 4.87. The van der Waals surface area contributed by atoms with Crippen LogP contribution >= 0.6 is 0 Å². The number of hydrogen-bond acceptors (Lipinski definition) is 6. The van der Waals surface area contributed by atoms with Crippen LogP contribution in [0.2, 0.25) is 0 Å². The van der Waals surface area contributed by atoms with Crippen LogP contribution in [0.4, 0.5) is 0 Å². The minimum Gasteiger partial charge on any atom is -0.343 e. The molecule has 1 saturated heterocycles. The fourth-order valence-electron chi connectivity index (χ4n) is 4.87. The average molecular weight is 374 g/mol. The molecule has 1 N–H and O–H groups in total. The van der Waals surface area contributed by atoms with Crippen LogP contribution in [-0.2, 0) is 19.9 Å². The second kappa shape index (κ2) is 7.05. The van der Waals surface area contributed by atoms with Crippen molar-refractivity contribution in [1.82, 2.24) is 20.4 Å². The summed E-state index contributed by atoms with van der Waals surface area (Å²) >= 11 is 0. The van der Waals surface area contributed by atoms with E-state index >= 15 is 0 Å². The van der Waals surface area contributed by atoms with Crippen LogP contribution in [-0.4, -0.2) is 39.3 Å². The van der Waals surface area contributed by atoms with Crippen molar-refractivity contribution < 1.29 is 18.9 Å². The van der Waals surface area contributed by atoms with E-state index in [4.69, 9.17) is 4.52 Å². The predicted octanol–water partition coefficient (Wildman–Crippen LogP) is 1.83. The van der Waals surface area contributed by atoms with E-state index in [9.17, 15) is 14.4 Å². The Hall–Kier alpha value is -2.25. The zero-order valence-electron chi connectivity index (χ0n) is 15.7. The lowest BCUT2D eigenvalue weighted by Crippen LogP contribution is -2.46. The lowest BCUT2D eigenvalue weighted by atomic mass is 9.81. The van der Waals surface area contributed by atoms with Crippen molar-refractivity contribution in [2.24, 2.45) is 11.8 Å². The Bertz CT molecular complexity index is 729. The van der Waals surface area contributed by atoms with Gasteiger partial charge in [-0.3, -0.25) is 19.3 Å². The van der Waals surface area contributed by atoms with Gasteiger partial charge in [0.25, 0.3) is 0 Å². The summed E-state index contributed by atoms with van der Waals surface area (Å²) in [5.74, 6) is 0.278. The number of carbonyl (C=O) groups excluding carboxylic acids is 3. The monoisotopic (exact) mass is 374 g/mol. The van der Waals surface area contributed by atoms with E-state index in [1.807, 2.05) is 0 Å². The maximum Gasteiger partial charge on any atom is 0.233 e. The third-order valence-electron chi connectivity index (χ3n) is 6.29. The Labute approximate surface area is 158 Å². The molecule has 2 aliphatic carbocycles. The topological polar surface area (TPSA) is 105 Å². The molecule has 146 valence electrons. The SMILES string of the molecule is Cc1nc(C2(NC(=O)CCN3C(=O)C4CCCCC4C3=O)CCCC2)no1. The van der Waals surface area contributed by atoms with Crippen molar-refractivity contribution in [3.05, 3.63) is 11.7 Å². The third-order valence-corrected chi connectivity index (χ3v) is 6.29. The molecule has 2 saturated carbocycles. The molecule has 2 atom stereocenters. The van der Waals surface area contributed by atoms with E-state index in [0.717, 1.165) is 51.4 Å². The second-order valence-electron chi connectivity index (χ2n) is 8.05. The number of hydrogen-bond donors (Lipinski definition) is 1. The maximum atomic E-state index is 12.6. The Morgan fingerprint density at radius 2 is 1.78 bits per heavy atom. The molecule has 4 rings (SSSR count). The summed E-state index contributed by atoms with van der Waals surface area (Å²) in [6, 6.07) is 0. The van der Waals surface area contributed by atoms with E-state index in [1.54, 1.807) is 6.92 Å². The van der Waals surface area contributed by atoms with Gasteiger partial charge in [-0.15, -0.1) is 0 Å². The van der Waals surface area contributed by atoms with Crippen molar-refractivity contribution in [3.63, 3.8) is 0 Å². The first kappa shape index (κ1) is 18.1. The second-order valence-corrected chi connectivity index (χ2v) is 8.05. The summed E-state index contributed by atoms with van der Waals surface area (Å²) < 4.78 is 5.10. The summed E-state index contributed by atoms with van der Waals surface area (Å²) in [4.78, 5) is 43.3. The van der Waals surface area contributed by atoms with Gasteiger partial charge in [0.1, 0.15) is 5.54 Å². The number of likely N-dealkylation sites (tertiary alicyclic amines) is 1. The largest absolute Gasteiger partial charge is 0.343 e. The van der Waals surface area contributed by atoms with Gasteiger partial charge in [-0.25, -0.2) is 0 Å². The molecule has 2 unspecified atom stereocenters. The van der Waals surface area contributed by atoms with Crippen molar-refractivity contribution in [2.45, 2.75) is 70.3 Å². The highest BCUT2D eigenvalue weighted by Crippen LogP contribution is 2.39. The van der Waals surface area contributed by atoms with Crippen molar-refractivity contribution in [3.8, 4) is 0 Å². The molecule has 8 nitrogen and oxygen atoms in total. The van der Waals surface area contributed by atoms with Crippen molar-refractivity contribution in [1.29, 1.82) is 0 Å². The number of nitrogens with zero attached hydrogens (tertiary/aromatic N) is 3. The van der Waals surface area contributed by atoms with Crippen LogP contribution in [0.25, 0.3) is 0 Å². The normalized spacial score (nSPS) is 27.1. The molecule has 0 spiro atoms.